The highest BCUT2D eigenvalue weighted by Gasteiger charge is 2.41. The third kappa shape index (κ3) is 3.94. The molecule has 0 saturated carbocycles. The Morgan fingerprint density at radius 1 is 0.964 bits per heavy atom. The van der Waals surface area contributed by atoms with E-state index in [2.05, 4.69) is 5.32 Å². The van der Waals surface area contributed by atoms with Crippen LogP contribution in [0.3, 0.4) is 0 Å². The number of thiocarbonyl (C=S) groups is 1. The van der Waals surface area contributed by atoms with Crippen LogP contribution in [-0.4, -0.2) is 33.4 Å². The Labute approximate surface area is 168 Å². The molecule has 3 rings (SSSR count). The lowest BCUT2D eigenvalue weighted by molar-refractivity contribution is 0.0510. The molecule has 1 atom stereocenters. The Hall–Kier alpha value is -3.06. The fourth-order valence-corrected chi connectivity index (χ4v) is 3.24. The largest absolute Gasteiger partial charge is 0.444 e. The van der Waals surface area contributed by atoms with E-state index in [1.165, 1.54) is 0 Å². The summed E-state index contributed by atoms with van der Waals surface area (Å²) in [6.07, 6.45) is -0.694. The molecule has 1 aliphatic rings. The van der Waals surface area contributed by atoms with Gasteiger partial charge in [-0.1, -0.05) is 54.7 Å². The standard InChI is InChI=1S/C21H20N2O4S/c1-21(2,3)27-20(26)22-16(13-9-5-4-6-10-13)19(28)23-17(24)14-11-7-8-12-15(14)18(23)25/h4-12,16H,1-3H3,(H,22,26)/t16-/m0/s1. The van der Waals surface area contributed by atoms with Crippen molar-refractivity contribution in [1.82, 2.24) is 10.2 Å². The number of amides is 3. The van der Waals surface area contributed by atoms with Crippen LogP contribution in [0.25, 0.3) is 0 Å². The SMILES string of the molecule is CC(C)(C)OC(=O)N[C@H](C(=S)N1C(=O)c2ccccc2C1=O)c1ccccc1. The summed E-state index contributed by atoms with van der Waals surface area (Å²) < 4.78 is 5.32. The Kier molecular flexibility index (Phi) is 5.29. The Bertz CT molecular complexity index is 915. The molecule has 28 heavy (non-hydrogen) atoms. The quantitative estimate of drug-likeness (QED) is 0.630. The third-order valence-electron chi connectivity index (χ3n) is 4.06. The van der Waals surface area contributed by atoms with Gasteiger partial charge in [0, 0.05) is 0 Å². The lowest BCUT2D eigenvalue weighted by Crippen LogP contribution is -2.45. The van der Waals surface area contributed by atoms with Gasteiger partial charge in [0.05, 0.1) is 11.1 Å². The molecule has 2 aromatic rings. The Balaban J connectivity index is 1.93. The topological polar surface area (TPSA) is 75.7 Å². The molecule has 0 fully saturated rings. The Morgan fingerprint density at radius 2 is 1.46 bits per heavy atom. The molecule has 0 bridgehead atoms. The van der Waals surface area contributed by atoms with Crippen molar-refractivity contribution < 1.29 is 19.1 Å². The van der Waals surface area contributed by atoms with E-state index in [-0.39, 0.29) is 4.99 Å². The molecule has 2 aromatic carbocycles. The second-order valence-corrected chi connectivity index (χ2v) is 7.74. The van der Waals surface area contributed by atoms with Gasteiger partial charge in [0.1, 0.15) is 16.6 Å². The smallest absolute Gasteiger partial charge is 0.408 e. The summed E-state index contributed by atoms with van der Waals surface area (Å²) in [5, 5.41) is 2.69. The van der Waals surface area contributed by atoms with E-state index in [9.17, 15) is 14.4 Å². The van der Waals surface area contributed by atoms with Crippen molar-refractivity contribution in [2.45, 2.75) is 32.4 Å². The van der Waals surface area contributed by atoms with Crippen LogP contribution < -0.4 is 5.32 Å². The fourth-order valence-electron chi connectivity index (χ4n) is 2.88. The molecule has 1 aliphatic heterocycles. The van der Waals surface area contributed by atoms with Crippen LogP contribution in [0, 0.1) is 0 Å². The number of benzene rings is 2. The van der Waals surface area contributed by atoms with Crippen LogP contribution in [-0.2, 0) is 4.74 Å². The molecule has 1 heterocycles. The van der Waals surface area contributed by atoms with Crippen molar-refractivity contribution >= 4 is 35.1 Å². The number of rotatable bonds is 3. The summed E-state index contributed by atoms with van der Waals surface area (Å²) >= 11 is 5.49. The van der Waals surface area contributed by atoms with Gasteiger partial charge in [0.25, 0.3) is 11.8 Å². The second kappa shape index (κ2) is 7.52. The van der Waals surface area contributed by atoms with E-state index in [4.69, 9.17) is 17.0 Å². The van der Waals surface area contributed by atoms with Crippen molar-refractivity contribution in [3.05, 3.63) is 71.3 Å². The van der Waals surface area contributed by atoms with E-state index < -0.39 is 29.6 Å². The van der Waals surface area contributed by atoms with E-state index in [0.717, 1.165) is 4.90 Å². The minimum Gasteiger partial charge on any atom is -0.444 e. The first-order chi connectivity index (χ1) is 13.2. The molecule has 0 unspecified atom stereocenters. The summed E-state index contributed by atoms with van der Waals surface area (Å²) in [6.45, 7) is 5.23. The number of nitrogens with zero attached hydrogens (tertiary/aromatic N) is 1. The van der Waals surface area contributed by atoms with Crippen molar-refractivity contribution in [2.75, 3.05) is 0 Å². The second-order valence-electron chi connectivity index (χ2n) is 7.32. The van der Waals surface area contributed by atoms with Gasteiger partial charge in [-0.15, -0.1) is 0 Å². The minimum absolute atomic E-state index is 0.0109. The molecule has 7 heteroatoms. The fraction of sp³-hybridized carbons (Fsp3) is 0.238. The average molecular weight is 396 g/mol. The van der Waals surface area contributed by atoms with Crippen LogP contribution in [0.1, 0.15) is 53.1 Å². The van der Waals surface area contributed by atoms with Crippen LogP contribution >= 0.6 is 12.2 Å². The first-order valence-corrected chi connectivity index (χ1v) is 9.16. The van der Waals surface area contributed by atoms with Gasteiger partial charge < -0.3 is 10.1 Å². The number of carbonyl (C=O) groups excluding carboxylic acids is 3. The predicted molar refractivity (Wildman–Crippen MR) is 108 cm³/mol. The summed E-state index contributed by atoms with van der Waals surface area (Å²) in [6, 6.07) is 14.5. The zero-order valence-electron chi connectivity index (χ0n) is 15.8. The predicted octanol–water partition coefficient (Wildman–Crippen LogP) is 3.88. The van der Waals surface area contributed by atoms with E-state index in [1.54, 1.807) is 69.3 Å². The number of fused-ring (bicyclic) bond motifs is 1. The van der Waals surface area contributed by atoms with Crippen LogP contribution in [0.4, 0.5) is 4.79 Å². The number of imide groups is 1. The zero-order chi connectivity index (χ0) is 20.5. The number of ether oxygens (including phenoxy) is 1. The maximum Gasteiger partial charge on any atom is 0.408 e. The number of nitrogens with one attached hydrogen (secondary N) is 1. The van der Waals surface area contributed by atoms with Gasteiger partial charge >= 0.3 is 6.09 Å². The van der Waals surface area contributed by atoms with Gasteiger partial charge in [-0.2, -0.15) is 0 Å². The molecule has 1 N–H and O–H groups in total. The number of carbonyl (C=O) groups is 3. The number of hydrogen-bond donors (Lipinski definition) is 1. The van der Waals surface area contributed by atoms with Crippen molar-refractivity contribution in [3.8, 4) is 0 Å². The van der Waals surface area contributed by atoms with Gasteiger partial charge in [-0.25, -0.2) is 9.69 Å². The maximum atomic E-state index is 12.8. The molecule has 0 spiro atoms. The Morgan fingerprint density at radius 3 is 1.96 bits per heavy atom. The van der Waals surface area contributed by atoms with Gasteiger partial charge in [-0.05, 0) is 38.5 Å². The molecule has 3 amide bonds. The summed E-state index contributed by atoms with van der Waals surface area (Å²) in [7, 11) is 0. The molecule has 0 aliphatic carbocycles. The molecule has 6 nitrogen and oxygen atoms in total. The van der Waals surface area contributed by atoms with Gasteiger partial charge in [0.15, 0.2) is 0 Å². The highest BCUT2D eigenvalue weighted by molar-refractivity contribution is 7.80. The average Bonchev–Trinajstić information content (AvgIpc) is 2.90. The minimum atomic E-state index is -0.881. The van der Waals surface area contributed by atoms with E-state index >= 15 is 0 Å². The molecular formula is C21H20N2O4S. The summed E-state index contributed by atoms with van der Waals surface area (Å²) in [4.78, 5) is 38.8. The summed E-state index contributed by atoms with van der Waals surface area (Å²) in [5.41, 5.74) is 0.510. The first kappa shape index (κ1) is 19.7. The highest BCUT2D eigenvalue weighted by Crippen LogP contribution is 2.27. The van der Waals surface area contributed by atoms with Gasteiger partial charge in [-0.3, -0.25) is 9.59 Å². The van der Waals surface area contributed by atoms with E-state index in [0.29, 0.717) is 16.7 Å². The van der Waals surface area contributed by atoms with Crippen LogP contribution in [0.2, 0.25) is 0 Å². The van der Waals surface area contributed by atoms with Crippen molar-refractivity contribution in [1.29, 1.82) is 0 Å². The third-order valence-corrected chi connectivity index (χ3v) is 4.47. The lowest BCUT2D eigenvalue weighted by atomic mass is 10.1. The molecule has 0 radical (unpaired) electrons. The zero-order valence-corrected chi connectivity index (χ0v) is 16.6. The maximum absolute atomic E-state index is 12.8. The number of alkyl carbamates (subject to hydrolysis) is 1. The first-order valence-electron chi connectivity index (χ1n) is 8.75. The van der Waals surface area contributed by atoms with Crippen molar-refractivity contribution in [3.63, 3.8) is 0 Å². The van der Waals surface area contributed by atoms with Crippen LogP contribution in [0.5, 0.6) is 0 Å². The monoisotopic (exact) mass is 396 g/mol. The van der Waals surface area contributed by atoms with E-state index in [1.807, 2.05) is 6.07 Å². The molecule has 144 valence electrons. The normalized spacial score (nSPS) is 14.5. The molecule has 0 aromatic heterocycles. The molecule has 0 saturated heterocycles. The highest BCUT2D eigenvalue weighted by atomic mass is 32.1. The van der Waals surface area contributed by atoms with Crippen molar-refractivity contribution in [2.24, 2.45) is 0 Å². The van der Waals surface area contributed by atoms with Crippen LogP contribution in [0.15, 0.2) is 54.6 Å². The van der Waals surface area contributed by atoms with Gasteiger partial charge in [0.2, 0.25) is 0 Å². The summed E-state index contributed by atoms with van der Waals surface area (Å²) in [5.74, 6) is -1.00. The number of hydrogen-bond acceptors (Lipinski definition) is 5. The lowest BCUT2D eigenvalue weighted by Gasteiger charge is -2.27. The molecular weight excluding hydrogens is 376 g/mol.